The van der Waals surface area contributed by atoms with Gasteiger partial charge in [0.25, 0.3) is 5.91 Å². The summed E-state index contributed by atoms with van der Waals surface area (Å²) in [5.74, 6) is -0.177. The van der Waals surface area contributed by atoms with E-state index in [4.69, 9.17) is 17.0 Å². The highest BCUT2D eigenvalue weighted by atomic mass is 32.1. The number of hydrogen-bond acceptors (Lipinski definition) is 6. The van der Waals surface area contributed by atoms with Crippen LogP contribution in [0.2, 0.25) is 0 Å². The number of thiocarbonyl (C=S) groups is 1. The molecule has 4 rings (SSSR count). The lowest BCUT2D eigenvalue weighted by atomic mass is 10.0. The fourth-order valence-electron chi connectivity index (χ4n) is 5.30. The summed E-state index contributed by atoms with van der Waals surface area (Å²) in [5, 5.41) is 0.528. The van der Waals surface area contributed by atoms with Crippen LogP contribution in [0.15, 0.2) is 18.2 Å². The van der Waals surface area contributed by atoms with Gasteiger partial charge in [-0.1, -0.05) is 25.7 Å². The van der Waals surface area contributed by atoms with Gasteiger partial charge in [0.2, 0.25) is 5.91 Å². The largest absolute Gasteiger partial charge is 0.457 e. The number of anilines is 1. The van der Waals surface area contributed by atoms with Crippen molar-refractivity contribution in [2.24, 2.45) is 0 Å². The third-order valence-corrected chi connectivity index (χ3v) is 8.08. The predicted octanol–water partition coefficient (Wildman–Crippen LogP) is 3.57. The number of nitrogens with zero attached hydrogens (tertiary/aromatic N) is 4. The number of cyclic esters (lactones) is 1. The molecule has 0 unspecified atom stereocenters. The van der Waals surface area contributed by atoms with Crippen LogP contribution in [0.5, 0.6) is 0 Å². The Balaban J connectivity index is 1.17. The highest BCUT2D eigenvalue weighted by Gasteiger charge is 2.49. The Morgan fingerprint density at radius 1 is 0.972 bits per heavy atom. The molecule has 0 N–H and O–H groups in total. The van der Waals surface area contributed by atoms with Crippen molar-refractivity contribution in [2.45, 2.75) is 71.4 Å². The Labute approximate surface area is 219 Å². The van der Waals surface area contributed by atoms with E-state index in [1.807, 2.05) is 29.7 Å². The molecule has 1 aromatic carbocycles. The van der Waals surface area contributed by atoms with E-state index in [1.165, 1.54) is 25.7 Å². The zero-order valence-electron chi connectivity index (χ0n) is 21.8. The van der Waals surface area contributed by atoms with E-state index in [0.29, 0.717) is 16.4 Å². The molecule has 0 radical (unpaired) electrons. The number of rotatable bonds is 10. The van der Waals surface area contributed by atoms with Crippen LogP contribution in [-0.4, -0.2) is 82.4 Å². The monoisotopic (exact) mass is 514 g/mol. The molecule has 9 heteroatoms. The smallest absolute Gasteiger partial charge is 0.338 e. The Bertz CT molecular complexity index is 1020. The van der Waals surface area contributed by atoms with Crippen molar-refractivity contribution in [1.82, 2.24) is 14.7 Å². The van der Waals surface area contributed by atoms with E-state index in [1.54, 1.807) is 24.0 Å². The van der Waals surface area contributed by atoms with Crippen LogP contribution < -0.4 is 4.90 Å². The lowest BCUT2D eigenvalue weighted by Gasteiger charge is -2.34. The SMILES string of the molecule is CC(=O)N1CCN(CCCCCCCCN2C(=S)N(c3ccc4c(c3)COC4=O)C(=O)C2(C)C)CC1. The van der Waals surface area contributed by atoms with Gasteiger partial charge in [-0.2, -0.15) is 0 Å². The van der Waals surface area contributed by atoms with Gasteiger partial charge < -0.3 is 14.5 Å². The molecule has 2 saturated heterocycles. The van der Waals surface area contributed by atoms with Gasteiger partial charge in [-0.05, 0) is 63.7 Å². The minimum atomic E-state index is -0.700. The maximum Gasteiger partial charge on any atom is 0.338 e. The van der Waals surface area contributed by atoms with Gasteiger partial charge in [-0.15, -0.1) is 0 Å². The zero-order chi connectivity index (χ0) is 25.9. The number of benzene rings is 1. The van der Waals surface area contributed by atoms with Crippen LogP contribution in [0, 0.1) is 0 Å². The van der Waals surface area contributed by atoms with Crippen LogP contribution in [0.25, 0.3) is 0 Å². The predicted molar refractivity (Wildman–Crippen MR) is 143 cm³/mol. The molecule has 3 aliphatic heterocycles. The molecule has 0 aromatic heterocycles. The molecule has 3 heterocycles. The number of esters is 1. The number of carbonyl (C=O) groups excluding carboxylic acids is 3. The first-order chi connectivity index (χ1) is 17.2. The number of piperazine rings is 1. The third kappa shape index (κ3) is 5.57. The van der Waals surface area contributed by atoms with Crippen LogP contribution >= 0.6 is 12.2 Å². The Morgan fingerprint density at radius 2 is 1.61 bits per heavy atom. The number of hydrogen-bond donors (Lipinski definition) is 0. The van der Waals surface area contributed by atoms with Gasteiger partial charge in [0.1, 0.15) is 12.1 Å². The lowest BCUT2D eigenvalue weighted by molar-refractivity contribution is -0.130. The molecule has 0 spiro atoms. The first kappa shape index (κ1) is 26.5. The second kappa shape index (κ2) is 11.3. The summed E-state index contributed by atoms with van der Waals surface area (Å²) in [4.78, 5) is 44.5. The summed E-state index contributed by atoms with van der Waals surface area (Å²) < 4.78 is 5.10. The molecule has 0 aliphatic carbocycles. The van der Waals surface area contributed by atoms with Gasteiger partial charge in [-0.3, -0.25) is 19.4 Å². The van der Waals surface area contributed by atoms with E-state index >= 15 is 0 Å². The molecule has 0 saturated carbocycles. The molecule has 36 heavy (non-hydrogen) atoms. The fraction of sp³-hybridized carbons (Fsp3) is 0.630. The second-order valence-corrected chi connectivity index (χ2v) is 10.9. The summed E-state index contributed by atoms with van der Waals surface area (Å²) in [6.45, 7) is 11.3. The van der Waals surface area contributed by atoms with E-state index in [9.17, 15) is 14.4 Å². The van der Waals surface area contributed by atoms with Gasteiger partial charge in [-0.25, -0.2) is 4.79 Å². The van der Waals surface area contributed by atoms with Gasteiger partial charge >= 0.3 is 5.97 Å². The Hall–Kier alpha value is -2.52. The van der Waals surface area contributed by atoms with Crippen molar-refractivity contribution in [2.75, 3.05) is 44.2 Å². The summed E-state index contributed by atoms with van der Waals surface area (Å²) in [6.07, 6.45) is 6.91. The minimum absolute atomic E-state index is 0.0400. The molecular weight excluding hydrogens is 476 g/mol. The zero-order valence-corrected chi connectivity index (χ0v) is 22.6. The number of amides is 2. The maximum absolute atomic E-state index is 13.3. The first-order valence-corrected chi connectivity index (χ1v) is 13.5. The molecule has 2 fully saturated rings. The van der Waals surface area contributed by atoms with Crippen molar-refractivity contribution in [3.8, 4) is 0 Å². The molecule has 0 bridgehead atoms. The summed E-state index contributed by atoms with van der Waals surface area (Å²) in [7, 11) is 0. The average Bonchev–Trinajstić information content (AvgIpc) is 3.30. The summed E-state index contributed by atoms with van der Waals surface area (Å²) in [5.41, 5.74) is 1.35. The van der Waals surface area contributed by atoms with Crippen molar-refractivity contribution in [3.05, 3.63) is 29.3 Å². The third-order valence-electron chi connectivity index (χ3n) is 7.67. The van der Waals surface area contributed by atoms with E-state index < -0.39 is 5.54 Å². The van der Waals surface area contributed by atoms with Crippen LogP contribution in [0.1, 0.15) is 75.2 Å². The number of ether oxygens (including phenoxy) is 1. The lowest BCUT2D eigenvalue weighted by Crippen LogP contribution is -2.48. The average molecular weight is 515 g/mol. The van der Waals surface area contributed by atoms with Crippen molar-refractivity contribution in [3.63, 3.8) is 0 Å². The number of unbranched alkanes of at least 4 members (excludes halogenated alkanes) is 5. The topological polar surface area (TPSA) is 73.4 Å². The quantitative estimate of drug-likeness (QED) is 0.268. The first-order valence-electron chi connectivity index (χ1n) is 13.1. The summed E-state index contributed by atoms with van der Waals surface area (Å²) >= 11 is 5.75. The second-order valence-electron chi connectivity index (χ2n) is 10.5. The van der Waals surface area contributed by atoms with E-state index in [0.717, 1.165) is 57.7 Å². The van der Waals surface area contributed by atoms with Gasteiger partial charge in [0, 0.05) is 45.2 Å². The minimum Gasteiger partial charge on any atom is -0.457 e. The molecule has 3 aliphatic rings. The number of fused-ring (bicyclic) bond motifs is 1. The van der Waals surface area contributed by atoms with Crippen LogP contribution in [0.3, 0.4) is 0 Å². The van der Waals surface area contributed by atoms with Crippen molar-refractivity contribution >= 4 is 40.8 Å². The fourth-order valence-corrected chi connectivity index (χ4v) is 5.80. The molecule has 0 atom stereocenters. The van der Waals surface area contributed by atoms with Crippen LogP contribution in [0.4, 0.5) is 5.69 Å². The van der Waals surface area contributed by atoms with E-state index in [2.05, 4.69) is 4.90 Å². The van der Waals surface area contributed by atoms with Gasteiger partial charge in [0.05, 0.1) is 11.3 Å². The van der Waals surface area contributed by atoms with Crippen LogP contribution in [-0.2, 0) is 20.9 Å². The molecular formula is C27H38N4O4S. The normalized spacial score (nSPS) is 19.8. The molecule has 2 amide bonds. The number of carbonyl (C=O) groups is 3. The Morgan fingerprint density at radius 3 is 2.28 bits per heavy atom. The molecule has 1 aromatic rings. The Kier molecular flexibility index (Phi) is 8.30. The maximum atomic E-state index is 13.3. The highest BCUT2D eigenvalue weighted by Crippen LogP contribution is 2.34. The van der Waals surface area contributed by atoms with E-state index in [-0.39, 0.29) is 24.4 Å². The highest BCUT2D eigenvalue weighted by molar-refractivity contribution is 7.80. The van der Waals surface area contributed by atoms with Gasteiger partial charge in [0.15, 0.2) is 5.11 Å². The standard InChI is InChI=1S/C27H38N4O4S/c1-20(32)29-16-14-28(15-17-29)12-8-6-4-5-7-9-13-30-26(36)31(25(34)27(30,2)3)22-10-11-23-21(18-22)19-35-24(23)33/h10-11,18H,4-9,12-17,19H2,1-3H3. The van der Waals surface area contributed by atoms with Crippen molar-refractivity contribution < 1.29 is 19.1 Å². The van der Waals surface area contributed by atoms with Crippen molar-refractivity contribution in [1.29, 1.82) is 0 Å². The summed E-state index contributed by atoms with van der Waals surface area (Å²) in [6, 6.07) is 5.34. The molecule has 196 valence electrons. The molecule has 8 nitrogen and oxygen atoms in total.